The Hall–Kier alpha value is -2.24. The van der Waals surface area contributed by atoms with E-state index in [1.165, 1.54) is 19.3 Å². The van der Waals surface area contributed by atoms with E-state index >= 15 is 0 Å². The van der Waals surface area contributed by atoms with Gasteiger partial charge in [-0.15, -0.1) is 0 Å². The highest BCUT2D eigenvalue weighted by Crippen LogP contribution is 2.26. The minimum atomic E-state index is -0.122. The fourth-order valence-corrected chi connectivity index (χ4v) is 3.94. The first-order valence-corrected chi connectivity index (χ1v) is 10.0. The number of rotatable bonds is 6. The van der Waals surface area contributed by atoms with E-state index in [0.717, 1.165) is 44.5 Å². The molecule has 27 heavy (non-hydrogen) atoms. The van der Waals surface area contributed by atoms with Gasteiger partial charge in [-0.05, 0) is 49.9 Å². The van der Waals surface area contributed by atoms with E-state index < -0.39 is 0 Å². The predicted molar refractivity (Wildman–Crippen MR) is 103 cm³/mol. The van der Waals surface area contributed by atoms with Crippen molar-refractivity contribution >= 4 is 11.8 Å². The molecule has 0 unspecified atom stereocenters. The molecule has 1 aromatic carbocycles. The van der Waals surface area contributed by atoms with Gasteiger partial charge in [0.2, 0.25) is 5.91 Å². The SMILES string of the molecule is COc1ccc(OCC(=O)NC2CCN(C(=O)C3CCCCC3)CC2)cc1. The minimum Gasteiger partial charge on any atom is -0.497 e. The summed E-state index contributed by atoms with van der Waals surface area (Å²) in [6, 6.07) is 7.27. The molecule has 1 aromatic rings. The van der Waals surface area contributed by atoms with E-state index in [1.54, 1.807) is 31.4 Å². The normalized spacial score (nSPS) is 18.8. The second-order valence-corrected chi connectivity index (χ2v) is 7.47. The average molecular weight is 374 g/mol. The molecule has 1 aliphatic heterocycles. The molecular formula is C21H30N2O4. The quantitative estimate of drug-likeness (QED) is 0.831. The number of likely N-dealkylation sites (tertiary alicyclic amines) is 1. The van der Waals surface area contributed by atoms with E-state index in [9.17, 15) is 9.59 Å². The molecule has 2 amide bonds. The molecule has 6 heteroatoms. The van der Waals surface area contributed by atoms with Crippen LogP contribution in [0.4, 0.5) is 0 Å². The number of nitrogens with zero attached hydrogens (tertiary/aromatic N) is 1. The van der Waals surface area contributed by atoms with Gasteiger partial charge in [0, 0.05) is 25.0 Å². The van der Waals surface area contributed by atoms with E-state index in [-0.39, 0.29) is 24.5 Å². The summed E-state index contributed by atoms with van der Waals surface area (Å²) in [6.45, 7) is 1.47. The third-order valence-electron chi connectivity index (χ3n) is 5.56. The fourth-order valence-electron chi connectivity index (χ4n) is 3.94. The van der Waals surface area contributed by atoms with Crippen LogP contribution in [0.25, 0.3) is 0 Å². The van der Waals surface area contributed by atoms with E-state index in [0.29, 0.717) is 11.7 Å². The molecule has 1 saturated carbocycles. The van der Waals surface area contributed by atoms with E-state index in [4.69, 9.17) is 9.47 Å². The first-order chi connectivity index (χ1) is 13.2. The molecule has 1 saturated heterocycles. The first-order valence-electron chi connectivity index (χ1n) is 10.0. The predicted octanol–water partition coefficient (Wildman–Crippen LogP) is 2.76. The number of piperidine rings is 1. The molecular weight excluding hydrogens is 344 g/mol. The lowest BCUT2D eigenvalue weighted by atomic mass is 9.87. The topological polar surface area (TPSA) is 67.9 Å². The molecule has 0 aromatic heterocycles. The Morgan fingerprint density at radius 1 is 1.00 bits per heavy atom. The second-order valence-electron chi connectivity index (χ2n) is 7.47. The Morgan fingerprint density at radius 2 is 1.63 bits per heavy atom. The molecule has 1 aliphatic carbocycles. The summed E-state index contributed by atoms with van der Waals surface area (Å²) in [4.78, 5) is 26.7. The average Bonchev–Trinajstić information content (AvgIpc) is 2.73. The molecule has 0 radical (unpaired) electrons. The summed E-state index contributed by atoms with van der Waals surface area (Å²) < 4.78 is 10.6. The Morgan fingerprint density at radius 3 is 2.26 bits per heavy atom. The van der Waals surface area contributed by atoms with Crippen molar-refractivity contribution in [2.75, 3.05) is 26.8 Å². The van der Waals surface area contributed by atoms with E-state index in [1.807, 2.05) is 4.90 Å². The monoisotopic (exact) mass is 374 g/mol. The second kappa shape index (κ2) is 9.62. The molecule has 0 spiro atoms. The van der Waals surface area contributed by atoms with Crippen LogP contribution in [0, 0.1) is 5.92 Å². The van der Waals surface area contributed by atoms with Gasteiger partial charge in [0.15, 0.2) is 6.61 Å². The maximum Gasteiger partial charge on any atom is 0.258 e. The van der Waals surface area contributed by atoms with Gasteiger partial charge in [0.05, 0.1) is 7.11 Å². The maximum absolute atomic E-state index is 12.6. The summed E-state index contributed by atoms with van der Waals surface area (Å²) in [5.41, 5.74) is 0. The number of methoxy groups -OCH3 is 1. The van der Waals surface area contributed by atoms with Crippen LogP contribution >= 0.6 is 0 Å². The number of hydrogen-bond acceptors (Lipinski definition) is 4. The number of amides is 2. The van der Waals surface area contributed by atoms with Crippen LogP contribution in [0.1, 0.15) is 44.9 Å². The van der Waals surface area contributed by atoms with Crippen molar-refractivity contribution in [2.24, 2.45) is 5.92 Å². The van der Waals surface area contributed by atoms with Gasteiger partial charge in [-0.1, -0.05) is 19.3 Å². The summed E-state index contributed by atoms with van der Waals surface area (Å²) in [6.07, 6.45) is 7.32. The van der Waals surface area contributed by atoms with Gasteiger partial charge in [-0.25, -0.2) is 0 Å². The smallest absolute Gasteiger partial charge is 0.258 e. The summed E-state index contributed by atoms with van der Waals surface area (Å²) in [5.74, 6) is 1.81. The molecule has 2 fully saturated rings. The van der Waals surface area contributed by atoms with Gasteiger partial charge in [-0.3, -0.25) is 9.59 Å². The summed E-state index contributed by atoms with van der Waals surface area (Å²) in [7, 11) is 1.61. The zero-order chi connectivity index (χ0) is 19.1. The van der Waals surface area contributed by atoms with Crippen molar-refractivity contribution in [3.05, 3.63) is 24.3 Å². The fraction of sp³-hybridized carbons (Fsp3) is 0.619. The highest BCUT2D eigenvalue weighted by Gasteiger charge is 2.29. The van der Waals surface area contributed by atoms with Crippen LogP contribution in [0.2, 0.25) is 0 Å². The van der Waals surface area contributed by atoms with Crippen molar-refractivity contribution in [3.8, 4) is 11.5 Å². The van der Waals surface area contributed by atoms with Crippen LogP contribution in [-0.2, 0) is 9.59 Å². The number of carbonyl (C=O) groups is 2. The highest BCUT2D eigenvalue weighted by atomic mass is 16.5. The van der Waals surface area contributed by atoms with Crippen LogP contribution in [0.5, 0.6) is 11.5 Å². The lowest BCUT2D eigenvalue weighted by molar-refractivity contribution is -0.137. The van der Waals surface area contributed by atoms with Gasteiger partial charge >= 0.3 is 0 Å². The van der Waals surface area contributed by atoms with Crippen LogP contribution in [-0.4, -0.2) is 49.6 Å². The lowest BCUT2D eigenvalue weighted by Crippen LogP contribution is -2.49. The molecule has 6 nitrogen and oxygen atoms in total. The van der Waals surface area contributed by atoms with Crippen molar-refractivity contribution in [1.82, 2.24) is 10.2 Å². The lowest BCUT2D eigenvalue weighted by Gasteiger charge is -2.35. The standard InChI is InChI=1S/C21H30N2O4/c1-26-18-7-9-19(10-8-18)27-15-20(24)22-17-11-13-23(14-12-17)21(25)16-5-3-2-4-6-16/h7-10,16-17H,2-6,11-15H2,1H3,(H,22,24). The minimum absolute atomic E-state index is 0.00640. The summed E-state index contributed by atoms with van der Waals surface area (Å²) >= 11 is 0. The molecule has 2 aliphatic rings. The largest absolute Gasteiger partial charge is 0.497 e. The Balaban J connectivity index is 1.36. The number of benzene rings is 1. The Labute approximate surface area is 161 Å². The molecule has 1 heterocycles. The maximum atomic E-state index is 12.6. The van der Waals surface area contributed by atoms with Crippen molar-refractivity contribution in [2.45, 2.75) is 51.0 Å². The van der Waals surface area contributed by atoms with Crippen LogP contribution < -0.4 is 14.8 Å². The highest BCUT2D eigenvalue weighted by molar-refractivity contribution is 5.79. The zero-order valence-corrected chi connectivity index (χ0v) is 16.1. The third-order valence-corrected chi connectivity index (χ3v) is 5.56. The molecule has 0 atom stereocenters. The molecule has 3 rings (SSSR count). The molecule has 1 N–H and O–H groups in total. The Bertz CT molecular complexity index is 618. The van der Waals surface area contributed by atoms with Crippen LogP contribution in [0.15, 0.2) is 24.3 Å². The summed E-state index contributed by atoms with van der Waals surface area (Å²) in [5, 5.41) is 3.02. The van der Waals surface area contributed by atoms with Crippen molar-refractivity contribution in [1.29, 1.82) is 0 Å². The Kier molecular flexibility index (Phi) is 6.96. The number of carbonyl (C=O) groups excluding carboxylic acids is 2. The zero-order valence-electron chi connectivity index (χ0n) is 16.1. The van der Waals surface area contributed by atoms with Gasteiger partial charge < -0.3 is 19.7 Å². The molecule has 148 valence electrons. The third kappa shape index (κ3) is 5.62. The number of hydrogen-bond donors (Lipinski definition) is 1. The van der Waals surface area contributed by atoms with Gasteiger partial charge in [0.1, 0.15) is 11.5 Å². The van der Waals surface area contributed by atoms with E-state index in [2.05, 4.69) is 5.32 Å². The first kappa shape index (κ1) is 19.5. The van der Waals surface area contributed by atoms with Crippen molar-refractivity contribution in [3.63, 3.8) is 0 Å². The van der Waals surface area contributed by atoms with Gasteiger partial charge in [0.25, 0.3) is 5.91 Å². The number of nitrogens with one attached hydrogen (secondary N) is 1. The van der Waals surface area contributed by atoms with Gasteiger partial charge in [-0.2, -0.15) is 0 Å². The molecule has 0 bridgehead atoms. The number of ether oxygens (including phenoxy) is 2. The van der Waals surface area contributed by atoms with Crippen LogP contribution in [0.3, 0.4) is 0 Å². The van der Waals surface area contributed by atoms with Crippen molar-refractivity contribution < 1.29 is 19.1 Å².